The van der Waals surface area contributed by atoms with E-state index in [1.807, 2.05) is 0 Å². The van der Waals surface area contributed by atoms with Crippen LogP contribution >= 0.6 is 0 Å². The van der Waals surface area contributed by atoms with Crippen molar-refractivity contribution in [3.8, 4) is 67.3 Å². The lowest BCUT2D eigenvalue weighted by molar-refractivity contribution is 1.18. The number of rotatable bonds is 8. The Balaban J connectivity index is 0.000000137. The molecule has 0 unspecified atom stereocenters. The number of nitrogens with zero attached hydrogens (tertiary/aromatic N) is 4. The fourth-order valence-electron chi connectivity index (χ4n) is 13.8. The molecule has 4 heterocycles. The van der Waals surface area contributed by atoms with E-state index in [0.717, 1.165) is 0 Å². The molecule has 0 aliphatic heterocycles. The number of hydrogen-bond acceptors (Lipinski definition) is 0. The summed E-state index contributed by atoms with van der Waals surface area (Å²) in [5, 5.41) is 10.1. The number of hydrogen-bond donors (Lipinski definition) is 0. The van der Waals surface area contributed by atoms with E-state index in [1.54, 1.807) is 0 Å². The number of benzene rings is 14. The molecule has 18 aromatic rings. The zero-order valence-electron chi connectivity index (χ0n) is 48.1. The van der Waals surface area contributed by atoms with Crippen molar-refractivity contribution in [2.75, 3.05) is 0 Å². The molecule has 4 nitrogen and oxygen atoms in total. The average molecular weight is 1120 g/mol. The molecule has 0 N–H and O–H groups in total. The van der Waals surface area contributed by atoms with Gasteiger partial charge in [-0.2, -0.15) is 0 Å². The van der Waals surface area contributed by atoms with Gasteiger partial charge in [-0.25, -0.2) is 0 Å². The SMILES string of the molecule is c1ccc(-c2ccc(-n3c4ccccc4c4cc(-c5ccc6c(c5)c5ccccc5n6-c5ccccc5)ccc43)cc2)cc1.c1ccc(-c2cccc(-n3c4ccccc4c4cc(-c5ccc6c(c5)c5ccccc5n6-c5ccccc5)ccc43)c2)cc1. The second kappa shape index (κ2) is 21.1. The molecule has 0 atom stereocenters. The lowest BCUT2D eigenvalue weighted by Crippen LogP contribution is -1.94. The van der Waals surface area contributed by atoms with Crippen LogP contribution in [-0.4, -0.2) is 18.3 Å². The Labute approximate surface area is 509 Å². The van der Waals surface area contributed by atoms with E-state index >= 15 is 0 Å². The standard InChI is InChI=1S/2C42H28N2/c1-3-12-29(13-4-1)30-14-11-17-34(26-30)44-40-21-10-8-19-36(40)38-28-32(23-25-42(38)44)31-22-24-41-37(27-31)35-18-7-9-20-39(35)43(41)33-15-5-2-6-16-33;1-3-11-29(12-4-1)30-19-23-34(24-20-30)44-40-18-10-8-16-36(40)38-28-32(22-26-42(38)44)31-21-25-41-37(27-31)35-15-7-9-17-39(35)43(41)33-13-5-2-6-14-33/h2*1-28H. The maximum Gasteiger partial charge on any atom is 0.0541 e. The maximum atomic E-state index is 2.40. The van der Waals surface area contributed by atoms with Crippen LogP contribution in [0.3, 0.4) is 0 Å². The summed E-state index contributed by atoms with van der Waals surface area (Å²) in [5.41, 5.74) is 24.2. The maximum absolute atomic E-state index is 2.40. The van der Waals surface area contributed by atoms with Crippen molar-refractivity contribution in [3.63, 3.8) is 0 Å². The monoisotopic (exact) mass is 1120 g/mol. The van der Waals surface area contributed by atoms with Gasteiger partial charge in [0, 0.05) is 65.8 Å². The predicted octanol–water partition coefficient (Wildman–Crippen LogP) is 22.4. The molecule has 0 amide bonds. The van der Waals surface area contributed by atoms with Crippen LogP contribution in [0.25, 0.3) is 154 Å². The first kappa shape index (κ1) is 50.8. The molecule has 0 radical (unpaired) electrons. The van der Waals surface area contributed by atoms with Crippen molar-refractivity contribution in [1.29, 1.82) is 0 Å². The first-order valence-corrected chi connectivity index (χ1v) is 30.2. The molecule has 14 aromatic carbocycles. The Morgan fingerprint density at radius 2 is 0.352 bits per heavy atom. The van der Waals surface area contributed by atoms with E-state index in [2.05, 4.69) is 358 Å². The van der Waals surface area contributed by atoms with E-state index in [9.17, 15) is 0 Å². The molecule has 412 valence electrons. The molecule has 4 aromatic heterocycles. The summed E-state index contributed by atoms with van der Waals surface area (Å²) in [6, 6.07) is 123. The van der Waals surface area contributed by atoms with Crippen LogP contribution in [-0.2, 0) is 0 Å². The summed E-state index contributed by atoms with van der Waals surface area (Å²) in [6.45, 7) is 0. The van der Waals surface area contributed by atoms with Crippen molar-refractivity contribution in [2.45, 2.75) is 0 Å². The fourth-order valence-corrected chi connectivity index (χ4v) is 13.8. The van der Waals surface area contributed by atoms with Gasteiger partial charge in [0.05, 0.1) is 44.1 Å². The first-order valence-electron chi connectivity index (χ1n) is 30.2. The normalized spacial score (nSPS) is 11.6. The minimum Gasteiger partial charge on any atom is -0.309 e. The molecule has 0 spiro atoms. The Hall–Kier alpha value is -11.7. The van der Waals surface area contributed by atoms with Gasteiger partial charge in [-0.1, -0.05) is 218 Å². The highest BCUT2D eigenvalue weighted by atomic mass is 15.0. The van der Waals surface area contributed by atoms with Crippen LogP contribution in [0.15, 0.2) is 340 Å². The van der Waals surface area contributed by atoms with Crippen molar-refractivity contribution in [1.82, 2.24) is 18.3 Å². The third-order valence-corrected chi connectivity index (χ3v) is 17.8. The average Bonchev–Trinajstić information content (AvgIpc) is 1.98. The van der Waals surface area contributed by atoms with Gasteiger partial charge in [0.2, 0.25) is 0 Å². The van der Waals surface area contributed by atoms with Crippen LogP contribution in [0.4, 0.5) is 0 Å². The van der Waals surface area contributed by atoms with Gasteiger partial charge >= 0.3 is 0 Å². The third kappa shape index (κ3) is 8.53. The van der Waals surface area contributed by atoms with E-state index in [4.69, 9.17) is 0 Å². The molecular weight excluding hydrogens is 1060 g/mol. The summed E-state index contributed by atoms with van der Waals surface area (Å²) in [4.78, 5) is 0. The second-order valence-electron chi connectivity index (χ2n) is 22.8. The van der Waals surface area contributed by atoms with Crippen molar-refractivity contribution in [2.24, 2.45) is 0 Å². The molecule has 18 rings (SSSR count). The van der Waals surface area contributed by atoms with Crippen molar-refractivity contribution in [3.05, 3.63) is 340 Å². The highest BCUT2D eigenvalue weighted by Crippen LogP contribution is 2.41. The second-order valence-corrected chi connectivity index (χ2v) is 22.8. The molecule has 0 saturated heterocycles. The molecule has 0 aliphatic carbocycles. The summed E-state index contributed by atoms with van der Waals surface area (Å²) in [5.74, 6) is 0. The molecule has 0 aliphatic rings. The molecular formula is C84H56N4. The first-order chi connectivity index (χ1) is 43.7. The van der Waals surface area contributed by atoms with Crippen molar-refractivity contribution < 1.29 is 0 Å². The van der Waals surface area contributed by atoms with Crippen LogP contribution in [0.1, 0.15) is 0 Å². The van der Waals surface area contributed by atoms with Gasteiger partial charge in [-0.15, -0.1) is 0 Å². The van der Waals surface area contributed by atoms with E-state index < -0.39 is 0 Å². The third-order valence-electron chi connectivity index (χ3n) is 17.8. The van der Waals surface area contributed by atoms with E-state index in [0.29, 0.717) is 0 Å². The van der Waals surface area contributed by atoms with Crippen LogP contribution in [0, 0.1) is 0 Å². The number of para-hydroxylation sites is 6. The van der Waals surface area contributed by atoms with Gasteiger partial charge in [-0.05, 0) is 166 Å². The summed E-state index contributed by atoms with van der Waals surface area (Å²) < 4.78 is 9.53. The smallest absolute Gasteiger partial charge is 0.0541 e. The van der Waals surface area contributed by atoms with Crippen molar-refractivity contribution >= 4 is 87.2 Å². The predicted molar refractivity (Wildman–Crippen MR) is 372 cm³/mol. The lowest BCUT2D eigenvalue weighted by atomic mass is 10.0. The van der Waals surface area contributed by atoms with E-state index in [-0.39, 0.29) is 0 Å². The topological polar surface area (TPSA) is 19.7 Å². The zero-order valence-corrected chi connectivity index (χ0v) is 48.1. The van der Waals surface area contributed by atoms with Gasteiger partial charge in [0.25, 0.3) is 0 Å². The van der Waals surface area contributed by atoms with Gasteiger partial charge < -0.3 is 18.3 Å². The highest BCUT2D eigenvalue weighted by Gasteiger charge is 2.19. The van der Waals surface area contributed by atoms with Crippen LogP contribution in [0.2, 0.25) is 0 Å². The molecule has 0 fully saturated rings. The molecule has 0 bridgehead atoms. The number of aromatic nitrogens is 4. The minimum atomic E-state index is 1.17. The summed E-state index contributed by atoms with van der Waals surface area (Å²) in [7, 11) is 0. The van der Waals surface area contributed by atoms with Gasteiger partial charge in [0.1, 0.15) is 0 Å². The summed E-state index contributed by atoms with van der Waals surface area (Å²) >= 11 is 0. The van der Waals surface area contributed by atoms with E-state index in [1.165, 1.54) is 154 Å². The Morgan fingerprint density at radius 3 is 0.716 bits per heavy atom. The lowest BCUT2D eigenvalue weighted by Gasteiger charge is -2.11. The van der Waals surface area contributed by atoms with Gasteiger partial charge in [0.15, 0.2) is 0 Å². The molecule has 0 saturated carbocycles. The van der Waals surface area contributed by atoms with Crippen LogP contribution < -0.4 is 0 Å². The van der Waals surface area contributed by atoms with Gasteiger partial charge in [-0.3, -0.25) is 0 Å². The quantitative estimate of drug-likeness (QED) is 0.144. The largest absolute Gasteiger partial charge is 0.309 e. The highest BCUT2D eigenvalue weighted by molar-refractivity contribution is 6.15. The minimum absolute atomic E-state index is 1.17. The van der Waals surface area contributed by atoms with Crippen LogP contribution in [0.5, 0.6) is 0 Å². The zero-order chi connectivity index (χ0) is 58.1. The summed E-state index contributed by atoms with van der Waals surface area (Å²) in [6.07, 6.45) is 0. The Bertz CT molecular complexity index is 5650. The molecule has 88 heavy (non-hydrogen) atoms. The number of fused-ring (bicyclic) bond motifs is 12. The Kier molecular flexibility index (Phi) is 12.2. The fraction of sp³-hybridized carbons (Fsp3) is 0. The Morgan fingerprint density at radius 1 is 0.125 bits per heavy atom. The molecule has 4 heteroatoms.